The van der Waals surface area contributed by atoms with E-state index in [1.54, 1.807) is 0 Å². The van der Waals surface area contributed by atoms with E-state index in [1.807, 2.05) is 6.92 Å². The first-order chi connectivity index (χ1) is 11.0. The maximum Gasteiger partial charge on any atom is 0.142 e. The first-order valence-corrected chi connectivity index (χ1v) is 8.62. The van der Waals surface area contributed by atoms with Gasteiger partial charge in [0.1, 0.15) is 5.82 Å². The third kappa shape index (κ3) is 3.78. The Hall–Kier alpha value is -1.75. The summed E-state index contributed by atoms with van der Waals surface area (Å²) in [6, 6.07) is 2.44. The van der Waals surface area contributed by atoms with Gasteiger partial charge in [0.05, 0.1) is 18.8 Å². The van der Waals surface area contributed by atoms with Gasteiger partial charge in [0.15, 0.2) is 0 Å². The van der Waals surface area contributed by atoms with Crippen molar-refractivity contribution in [2.45, 2.75) is 72.5 Å². The van der Waals surface area contributed by atoms with Crippen LogP contribution in [0, 0.1) is 20.8 Å². The predicted octanol–water partition coefficient (Wildman–Crippen LogP) is 2.66. The Bertz CT molecular complexity index is 689. The summed E-state index contributed by atoms with van der Waals surface area (Å²) in [5.74, 6) is 0.920. The molecule has 0 saturated heterocycles. The van der Waals surface area contributed by atoms with Crippen LogP contribution in [0.15, 0.2) is 6.07 Å². The Morgan fingerprint density at radius 3 is 2.70 bits per heavy atom. The van der Waals surface area contributed by atoms with E-state index in [-0.39, 0.29) is 0 Å². The fourth-order valence-electron chi connectivity index (χ4n) is 3.37. The first kappa shape index (κ1) is 16.1. The Morgan fingerprint density at radius 1 is 1.17 bits per heavy atom. The van der Waals surface area contributed by atoms with Gasteiger partial charge in [0.2, 0.25) is 0 Å². The van der Waals surface area contributed by atoms with Gasteiger partial charge < -0.3 is 5.32 Å². The maximum atomic E-state index is 4.78. The molecule has 124 valence electrons. The molecule has 2 aromatic rings. The van der Waals surface area contributed by atoms with Gasteiger partial charge in [-0.1, -0.05) is 0 Å². The number of rotatable bonds is 5. The van der Waals surface area contributed by atoms with Crippen LogP contribution >= 0.6 is 0 Å². The van der Waals surface area contributed by atoms with Crippen LogP contribution in [0.2, 0.25) is 0 Å². The molecule has 0 aromatic carbocycles. The van der Waals surface area contributed by atoms with Gasteiger partial charge in [0.25, 0.3) is 0 Å². The Kier molecular flexibility index (Phi) is 4.76. The van der Waals surface area contributed by atoms with E-state index in [9.17, 15) is 0 Å². The highest BCUT2D eigenvalue weighted by Gasteiger charge is 2.15. The molecule has 5 heteroatoms. The van der Waals surface area contributed by atoms with Gasteiger partial charge >= 0.3 is 0 Å². The Labute approximate surface area is 138 Å². The van der Waals surface area contributed by atoms with Crippen molar-refractivity contribution in [1.29, 1.82) is 0 Å². The number of aromatic nitrogens is 4. The molecule has 2 heterocycles. The Balaban J connectivity index is 1.61. The average molecular weight is 313 g/mol. The molecule has 0 bridgehead atoms. The number of aryl methyl sites for hydroxylation is 4. The van der Waals surface area contributed by atoms with E-state index in [2.05, 4.69) is 41.9 Å². The molecule has 3 rings (SSSR count). The highest BCUT2D eigenvalue weighted by Crippen LogP contribution is 2.21. The number of nitrogens with one attached hydrogen (secondary N) is 1. The SMILES string of the molecule is Cc1cc(C)n(C[C@@H](C)NCc2nc(C)c3c(n2)CCCC3)n1. The van der Waals surface area contributed by atoms with E-state index in [0.717, 1.165) is 36.6 Å². The second-order valence-electron chi connectivity index (χ2n) is 6.75. The number of nitrogens with zero attached hydrogens (tertiary/aromatic N) is 4. The van der Waals surface area contributed by atoms with Crippen molar-refractivity contribution in [3.05, 3.63) is 40.2 Å². The molecule has 0 saturated carbocycles. The van der Waals surface area contributed by atoms with Crippen LogP contribution < -0.4 is 5.32 Å². The second kappa shape index (κ2) is 6.79. The second-order valence-corrected chi connectivity index (χ2v) is 6.75. The van der Waals surface area contributed by atoms with Gasteiger partial charge in [-0.3, -0.25) is 4.68 Å². The van der Waals surface area contributed by atoms with Crippen molar-refractivity contribution < 1.29 is 0 Å². The van der Waals surface area contributed by atoms with Crippen molar-refractivity contribution in [1.82, 2.24) is 25.1 Å². The van der Waals surface area contributed by atoms with Gasteiger partial charge in [-0.25, -0.2) is 9.97 Å². The molecule has 0 spiro atoms. The molecule has 1 aliphatic carbocycles. The minimum Gasteiger partial charge on any atom is -0.305 e. The molecule has 0 amide bonds. The predicted molar refractivity (Wildman–Crippen MR) is 91.4 cm³/mol. The summed E-state index contributed by atoms with van der Waals surface area (Å²) >= 11 is 0. The van der Waals surface area contributed by atoms with E-state index >= 15 is 0 Å². The molecule has 2 aromatic heterocycles. The lowest BCUT2D eigenvalue weighted by Crippen LogP contribution is -2.31. The van der Waals surface area contributed by atoms with Crippen molar-refractivity contribution >= 4 is 0 Å². The molecule has 1 aliphatic rings. The van der Waals surface area contributed by atoms with Crippen LogP contribution in [0.4, 0.5) is 0 Å². The average Bonchev–Trinajstić information content (AvgIpc) is 2.83. The normalized spacial score (nSPS) is 15.5. The van der Waals surface area contributed by atoms with Crippen LogP contribution in [-0.4, -0.2) is 25.8 Å². The quantitative estimate of drug-likeness (QED) is 0.922. The number of hydrogen-bond donors (Lipinski definition) is 1. The molecular formula is C18H27N5. The summed E-state index contributed by atoms with van der Waals surface area (Å²) < 4.78 is 2.06. The zero-order valence-corrected chi connectivity index (χ0v) is 14.7. The molecule has 0 unspecified atom stereocenters. The van der Waals surface area contributed by atoms with E-state index in [0.29, 0.717) is 12.6 Å². The molecule has 0 radical (unpaired) electrons. The fourth-order valence-corrected chi connectivity index (χ4v) is 3.37. The first-order valence-electron chi connectivity index (χ1n) is 8.62. The summed E-state index contributed by atoms with van der Waals surface area (Å²) in [6.07, 6.45) is 4.77. The summed E-state index contributed by atoms with van der Waals surface area (Å²) in [5.41, 5.74) is 6.10. The van der Waals surface area contributed by atoms with Crippen LogP contribution in [0.5, 0.6) is 0 Å². The van der Waals surface area contributed by atoms with Crippen LogP contribution in [-0.2, 0) is 25.9 Å². The number of hydrogen-bond acceptors (Lipinski definition) is 4. The molecule has 0 fully saturated rings. The Morgan fingerprint density at radius 2 is 1.96 bits per heavy atom. The zero-order valence-electron chi connectivity index (χ0n) is 14.7. The number of fused-ring (bicyclic) bond motifs is 1. The molecule has 5 nitrogen and oxygen atoms in total. The summed E-state index contributed by atoms with van der Waals surface area (Å²) in [5, 5.41) is 8.05. The standard InChI is InChI=1S/C18H27N5/c1-12-9-14(3)23(22-12)11-13(2)19-10-18-20-15(4)16-7-5-6-8-17(16)21-18/h9,13,19H,5-8,10-11H2,1-4H3/t13-/m1/s1. The zero-order chi connectivity index (χ0) is 16.4. The van der Waals surface area contributed by atoms with Gasteiger partial charge in [-0.2, -0.15) is 5.10 Å². The minimum absolute atomic E-state index is 0.327. The smallest absolute Gasteiger partial charge is 0.142 e. The molecule has 1 atom stereocenters. The summed E-state index contributed by atoms with van der Waals surface area (Å²) in [6.45, 7) is 10.0. The van der Waals surface area contributed by atoms with Crippen molar-refractivity contribution in [2.75, 3.05) is 0 Å². The van der Waals surface area contributed by atoms with E-state index in [1.165, 1.54) is 29.8 Å². The van der Waals surface area contributed by atoms with Crippen molar-refractivity contribution in [3.63, 3.8) is 0 Å². The van der Waals surface area contributed by atoms with Crippen molar-refractivity contribution in [3.8, 4) is 0 Å². The maximum absolute atomic E-state index is 4.78. The summed E-state index contributed by atoms with van der Waals surface area (Å²) in [7, 11) is 0. The molecule has 1 N–H and O–H groups in total. The van der Waals surface area contributed by atoms with E-state index < -0.39 is 0 Å². The van der Waals surface area contributed by atoms with Crippen LogP contribution in [0.25, 0.3) is 0 Å². The minimum atomic E-state index is 0.327. The highest BCUT2D eigenvalue weighted by molar-refractivity contribution is 5.27. The van der Waals surface area contributed by atoms with Gasteiger partial charge in [0, 0.05) is 23.1 Å². The summed E-state index contributed by atoms with van der Waals surface area (Å²) in [4.78, 5) is 9.47. The lowest BCUT2D eigenvalue weighted by molar-refractivity contribution is 0.438. The molecule has 23 heavy (non-hydrogen) atoms. The lowest BCUT2D eigenvalue weighted by atomic mass is 9.95. The topological polar surface area (TPSA) is 55.6 Å². The third-order valence-corrected chi connectivity index (χ3v) is 4.60. The third-order valence-electron chi connectivity index (χ3n) is 4.60. The van der Waals surface area contributed by atoms with Gasteiger partial charge in [-0.05, 0) is 65.0 Å². The fraction of sp³-hybridized carbons (Fsp3) is 0.611. The molecular weight excluding hydrogens is 286 g/mol. The largest absolute Gasteiger partial charge is 0.305 e. The van der Waals surface area contributed by atoms with E-state index in [4.69, 9.17) is 9.97 Å². The highest BCUT2D eigenvalue weighted by atomic mass is 15.3. The molecule has 0 aliphatic heterocycles. The lowest BCUT2D eigenvalue weighted by Gasteiger charge is -2.19. The monoisotopic (exact) mass is 313 g/mol. The van der Waals surface area contributed by atoms with Crippen LogP contribution in [0.1, 0.15) is 53.9 Å². The van der Waals surface area contributed by atoms with Crippen molar-refractivity contribution in [2.24, 2.45) is 0 Å². The van der Waals surface area contributed by atoms with Gasteiger partial charge in [-0.15, -0.1) is 0 Å². The van der Waals surface area contributed by atoms with Crippen LogP contribution in [0.3, 0.4) is 0 Å².